The molecule has 0 heterocycles. The van der Waals surface area contributed by atoms with E-state index in [4.69, 9.17) is 16.9 Å². The Bertz CT molecular complexity index is 838. The number of hydrogen-bond acceptors (Lipinski definition) is 4. The van der Waals surface area contributed by atoms with Crippen molar-refractivity contribution in [3.63, 3.8) is 0 Å². The number of nitrogens with zero attached hydrogens (tertiary/aromatic N) is 2. The predicted octanol–water partition coefficient (Wildman–Crippen LogP) is 4.06. The van der Waals surface area contributed by atoms with Crippen molar-refractivity contribution in [2.75, 3.05) is 18.0 Å². The van der Waals surface area contributed by atoms with E-state index in [1.165, 1.54) is 12.1 Å². The summed E-state index contributed by atoms with van der Waals surface area (Å²) in [5.41, 5.74) is 1.10. The third kappa shape index (κ3) is 5.25. The number of anilines is 1. The zero-order valence-corrected chi connectivity index (χ0v) is 15.6. The number of benzene rings is 2. The lowest BCUT2D eigenvalue weighted by Crippen LogP contribution is -2.42. The van der Waals surface area contributed by atoms with Gasteiger partial charge in [-0.3, -0.25) is 0 Å². The molecule has 1 atom stereocenters. The molecule has 0 aliphatic rings. The molecule has 1 N–H and O–H groups in total. The summed E-state index contributed by atoms with van der Waals surface area (Å²) in [4.78, 5) is 13.0. The lowest BCUT2D eigenvalue weighted by atomic mass is 10.1. The van der Waals surface area contributed by atoms with E-state index in [-0.39, 0.29) is 29.6 Å². The molecule has 142 valence electrons. The van der Waals surface area contributed by atoms with Crippen molar-refractivity contribution >= 4 is 23.6 Å². The van der Waals surface area contributed by atoms with Crippen molar-refractivity contribution in [3.05, 3.63) is 64.2 Å². The number of nitriles is 1. The first-order valence-electron chi connectivity index (χ1n) is 8.55. The molecule has 0 aliphatic carbocycles. The minimum Gasteiger partial charge on any atom is -0.362 e. The molecule has 0 amide bonds. The molecule has 0 aromatic heterocycles. The number of likely N-dealkylation sites (N-methyl/N-ethyl adjacent to an activating group) is 1. The fourth-order valence-electron chi connectivity index (χ4n) is 2.80. The minimum absolute atomic E-state index is 0.0513. The summed E-state index contributed by atoms with van der Waals surface area (Å²) in [6.07, 6.45) is 0.990. The summed E-state index contributed by atoms with van der Waals surface area (Å²) in [7, 11) is 0. The number of nitrogens with one attached hydrogen (secondary N) is 1. The molecule has 0 unspecified atom stereocenters. The van der Waals surface area contributed by atoms with E-state index in [0.717, 1.165) is 12.4 Å². The molecule has 27 heavy (non-hydrogen) atoms. The van der Waals surface area contributed by atoms with Crippen LogP contribution in [0.25, 0.3) is 0 Å². The van der Waals surface area contributed by atoms with E-state index in [1.54, 1.807) is 23.1 Å². The highest BCUT2D eigenvalue weighted by molar-refractivity contribution is 6.32. The van der Waals surface area contributed by atoms with Crippen molar-refractivity contribution in [1.29, 1.82) is 5.26 Å². The van der Waals surface area contributed by atoms with Gasteiger partial charge in [-0.2, -0.15) is 5.26 Å². The van der Waals surface area contributed by atoms with Crippen LogP contribution in [-0.4, -0.2) is 25.4 Å². The lowest BCUT2D eigenvalue weighted by Gasteiger charge is -2.33. The highest BCUT2D eigenvalue weighted by atomic mass is 35.5. The molecule has 0 fully saturated rings. The summed E-state index contributed by atoms with van der Waals surface area (Å²) in [5.74, 6) is -1.85. The Labute approximate surface area is 162 Å². The molecule has 2 aromatic rings. The lowest BCUT2D eigenvalue weighted by molar-refractivity contribution is -0.108. The predicted molar refractivity (Wildman–Crippen MR) is 102 cm³/mol. The Morgan fingerprint density at radius 2 is 2.11 bits per heavy atom. The third-order valence-electron chi connectivity index (χ3n) is 4.22. The first-order chi connectivity index (χ1) is 13.0. The summed E-state index contributed by atoms with van der Waals surface area (Å²) in [5, 5.41) is 12.5. The maximum Gasteiger partial charge on any atom is 0.163 e. The largest absolute Gasteiger partial charge is 0.362 e. The second-order valence-corrected chi connectivity index (χ2v) is 6.39. The van der Waals surface area contributed by atoms with Crippen LogP contribution in [0.15, 0.2) is 36.4 Å². The zero-order valence-electron chi connectivity index (χ0n) is 14.9. The van der Waals surface area contributed by atoms with Crippen LogP contribution >= 0.6 is 11.6 Å². The smallest absolute Gasteiger partial charge is 0.163 e. The summed E-state index contributed by atoms with van der Waals surface area (Å²) in [6, 6.07) is 10.5. The zero-order chi connectivity index (χ0) is 19.8. The van der Waals surface area contributed by atoms with Gasteiger partial charge in [-0.15, -0.1) is 0 Å². The van der Waals surface area contributed by atoms with Crippen molar-refractivity contribution in [1.82, 2.24) is 5.32 Å². The molecule has 0 bridgehead atoms. The maximum absolute atomic E-state index is 14.2. The molecular weight excluding hydrogens is 372 g/mol. The molecule has 0 saturated heterocycles. The molecule has 7 heteroatoms. The number of aldehydes is 1. The molecular formula is C20H20ClF2N3O. The van der Waals surface area contributed by atoms with Gasteiger partial charge in [0.15, 0.2) is 11.6 Å². The number of rotatable bonds is 9. The number of carbonyl (C=O) groups is 1. The monoisotopic (exact) mass is 391 g/mol. The molecule has 4 nitrogen and oxygen atoms in total. The average molecular weight is 392 g/mol. The summed E-state index contributed by atoms with van der Waals surface area (Å²) in [6.45, 7) is 3.16. The summed E-state index contributed by atoms with van der Waals surface area (Å²) < 4.78 is 27.8. The van der Waals surface area contributed by atoms with Gasteiger partial charge in [0, 0.05) is 36.8 Å². The molecule has 0 saturated carbocycles. The number of hydrogen-bond donors (Lipinski definition) is 1. The van der Waals surface area contributed by atoms with Crippen LogP contribution < -0.4 is 10.2 Å². The Balaban J connectivity index is 2.46. The van der Waals surface area contributed by atoms with Gasteiger partial charge in [0.1, 0.15) is 12.4 Å². The minimum atomic E-state index is -0.927. The van der Waals surface area contributed by atoms with Crippen molar-refractivity contribution in [2.24, 2.45) is 0 Å². The van der Waals surface area contributed by atoms with Gasteiger partial charge < -0.3 is 15.0 Å². The standard InChI is InChI=1S/C20H20ClF2N3O/c1-2-25-12-17(8-9-27)26(13-15-4-3-5-19(22)20(15)23)16-7-6-14(11-24)18(21)10-16/h3-7,9-10,17,25H,2,8,12-13H2,1H3/t17-/m0/s1. The van der Waals surface area contributed by atoms with Crippen LogP contribution in [0.1, 0.15) is 24.5 Å². The second kappa shape index (κ2) is 10.0. The summed E-state index contributed by atoms with van der Waals surface area (Å²) >= 11 is 6.15. The van der Waals surface area contributed by atoms with Crippen LogP contribution in [0.2, 0.25) is 5.02 Å². The molecule has 0 spiro atoms. The van der Waals surface area contributed by atoms with E-state index in [2.05, 4.69) is 5.32 Å². The second-order valence-electron chi connectivity index (χ2n) is 5.98. The average Bonchev–Trinajstić information content (AvgIpc) is 2.66. The first-order valence-corrected chi connectivity index (χ1v) is 8.93. The van der Waals surface area contributed by atoms with Crippen molar-refractivity contribution in [2.45, 2.75) is 25.9 Å². The van der Waals surface area contributed by atoms with Gasteiger partial charge in [-0.25, -0.2) is 8.78 Å². The van der Waals surface area contributed by atoms with Gasteiger partial charge in [0.25, 0.3) is 0 Å². The van der Waals surface area contributed by atoms with E-state index >= 15 is 0 Å². The molecule has 2 aromatic carbocycles. The Kier molecular flexibility index (Phi) is 7.71. The van der Waals surface area contributed by atoms with Crippen LogP contribution in [0.5, 0.6) is 0 Å². The Morgan fingerprint density at radius 3 is 2.74 bits per heavy atom. The van der Waals surface area contributed by atoms with E-state index in [0.29, 0.717) is 24.3 Å². The molecule has 2 rings (SSSR count). The maximum atomic E-state index is 14.2. The van der Waals surface area contributed by atoms with E-state index in [1.807, 2.05) is 13.0 Å². The fraction of sp³-hybridized carbons (Fsp3) is 0.300. The van der Waals surface area contributed by atoms with Gasteiger partial charge in [-0.05, 0) is 30.8 Å². The van der Waals surface area contributed by atoms with Gasteiger partial charge in [0.05, 0.1) is 10.6 Å². The van der Waals surface area contributed by atoms with Gasteiger partial charge >= 0.3 is 0 Å². The SMILES string of the molecule is CCNC[C@H](CC=O)N(Cc1cccc(F)c1F)c1ccc(C#N)c(Cl)c1. The van der Waals surface area contributed by atoms with Gasteiger partial charge in [0.2, 0.25) is 0 Å². The van der Waals surface area contributed by atoms with E-state index in [9.17, 15) is 13.6 Å². The van der Waals surface area contributed by atoms with Gasteiger partial charge in [-0.1, -0.05) is 30.7 Å². The highest BCUT2D eigenvalue weighted by Gasteiger charge is 2.22. The highest BCUT2D eigenvalue weighted by Crippen LogP contribution is 2.27. The normalized spacial score (nSPS) is 11.7. The topological polar surface area (TPSA) is 56.1 Å². The van der Waals surface area contributed by atoms with Crippen LogP contribution in [0.3, 0.4) is 0 Å². The van der Waals surface area contributed by atoms with Crippen molar-refractivity contribution < 1.29 is 13.6 Å². The Morgan fingerprint density at radius 1 is 1.33 bits per heavy atom. The quantitative estimate of drug-likeness (QED) is 0.655. The molecule has 0 aliphatic heterocycles. The third-order valence-corrected chi connectivity index (χ3v) is 4.53. The molecule has 0 radical (unpaired) electrons. The first kappa shape index (κ1) is 20.8. The number of halogens is 3. The van der Waals surface area contributed by atoms with Crippen LogP contribution in [0, 0.1) is 23.0 Å². The van der Waals surface area contributed by atoms with Crippen LogP contribution in [0.4, 0.5) is 14.5 Å². The fourth-order valence-corrected chi connectivity index (χ4v) is 3.02. The van der Waals surface area contributed by atoms with Crippen molar-refractivity contribution in [3.8, 4) is 6.07 Å². The van der Waals surface area contributed by atoms with Crippen LogP contribution in [-0.2, 0) is 11.3 Å². The van der Waals surface area contributed by atoms with E-state index < -0.39 is 11.6 Å². The Hall–Kier alpha value is -2.49. The number of carbonyl (C=O) groups excluding carboxylic acids is 1.